The molecule has 6 nitrogen and oxygen atoms in total. The summed E-state index contributed by atoms with van der Waals surface area (Å²) < 4.78 is 81.0. The van der Waals surface area contributed by atoms with Crippen molar-refractivity contribution in [2.24, 2.45) is 0 Å². The van der Waals surface area contributed by atoms with Gasteiger partial charge in [-0.05, 0) is 31.3 Å². The topological polar surface area (TPSA) is 69.6 Å². The Morgan fingerprint density at radius 2 is 1.73 bits per heavy atom. The average Bonchev–Trinajstić information content (AvgIpc) is 3.10. The summed E-state index contributed by atoms with van der Waals surface area (Å²) in [6, 6.07) is 6.93. The first kappa shape index (κ1) is 21.7. The van der Waals surface area contributed by atoms with Crippen molar-refractivity contribution < 1.29 is 31.1 Å². The first-order valence-corrected chi connectivity index (χ1v) is 10.2. The molecule has 10 heteroatoms. The number of rotatable bonds is 7. The maximum absolute atomic E-state index is 14.6. The highest BCUT2D eigenvalue weighted by Gasteiger charge is 2.31. The highest BCUT2D eigenvalue weighted by Crippen LogP contribution is 2.40. The first-order valence-electron chi connectivity index (χ1n) is 8.72. The minimum Gasteiger partial charge on any atom is -0.497 e. The van der Waals surface area contributed by atoms with E-state index in [4.69, 9.17) is 9.47 Å². The van der Waals surface area contributed by atoms with Gasteiger partial charge < -0.3 is 14.8 Å². The Hall–Kier alpha value is -2.98. The average molecular weight is 440 g/mol. The molecule has 0 aliphatic rings. The van der Waals surface area contributed by atoms with Crippen molar-refractivity contribution in [2.45, 2.75) is 11.4 Å². The number of halogens is 3. The van der Waals surface area contributed by atoms with Crippen LogP contribution in [0.1, 0.15) is 5.56 Å². The zero-order valence-corrected chi connectivity index (χ0v) is 17.2. The lowest BCUT2D eigenvalue weighted by atomic mass is 10.1. The van der Waals surface area contributed by atoms with Crippen LogP contribution in [0.25, 0.3) is 11.3 Å². The molecule has 1 aromatic heterocycles. The molecule has 1 heterocycles. The van der Waals surface area contributed by atoms with Crippen LogP contribution in [0.3, 0.4) is 0 Å². The van der Waals surface area contributed by atoms with Gasteiger partial charge in [0.1, 0.15) is 23.0 Å². The Labute approximate surface area is 171 Å². The van der Waals surface area contributed by atoms with Crippen molar-refractivity contribution in [1.82, 2.24) is 9.29 Å². The highest BCUT2D eigenvalue weighted by atomic mass is 32.2. The van der Waals surface area contributed by atoms with Gasteiger partial charge in [-0.25, -0.2) is 25.6 Å². The molecule has 0 saturated heterocycles. The van der Waals surface area contributed by atoms with E-state index in [9.17, 15) is 21.6 Å². The number of hydrogen-bond donors (Lipinski definition) is 1. The van der Waals surface area contributed by atoms with Gasteiger partial charge in [-0.3, -0.25) is 0 Å². The summed E-state index contributed by atoms with van der Waals surface area (Å²) in [5, 5.41) is 2.83. The molecule has 0 aliphatic heterocycles. The molecule has 0 amide bonds. The largest absolute Gasteiger partial charge is 0.497 e. The van der Waals surface area contributed by atoms with Crippen molar-refractivity contribution in [1.29, 1.82) is 0 Å². The molecule has 0 spiro atoms. The minimum absolute atomic E-state index is 0.0979. The molecular weight excluding hydrogens is 421 g/mol. The second kappa shape index (κ2) is 8.41. The monoisotopic (exact) mass is 440 g/mol. The quantitative estimate of drug-likeness (QED) is 0.569. The Morgan fingerprint density at radius 3 is 2.37 bits per heavy atom. The Kier molecular flexibility index (Phi) is 6.09. The summed E-state index contributed by atoms with van der Waals surface area (Å²) in [5.74, 6) is -3.81. The molecule has 0 fully saturated rings. The first-order chi connectivity index (χ1) is 14.3. The predicted molar refractivity (Wildman–Crippen MR) is 105 cm³/mol. The predicted octanol–water partition coefficient (Wildman–Crippen LogP) is 3.55. The lowest BCUT2D eigenvalue weighted by Gasteiger charge is -2.14. The van der Waals surface area contributed by atoms with Crippen molar-refractivity contribution >= 4 is 10.0 Å². The fourth-order valence-electron chi connectivity index (χ4n) is 3.09. The van der Waals surface area contributed by atoms with Gasteiger partial charge in [-0.15, -0.1) is 0 Å². The molecule has 0 radical (unpaired) electrons. The fraction of sp³-hybridized carbons (Fsp3) is 0.200. The molecule has 2 aromatic carbocycles. The van der Waals surface area contributed by atoms with E-state index in [1.54, 1.807) is 13.1 Å². The van der Waals surface area contributed by atoms with Gasteiger partial charge in [0.2, 0.25) is 0 Å². The number of ether oxygens (including phenoxy) is 2. The number of benzene rings is 2. The van der Waals surface area contributed by atoms with Gasteiger partial charge in [-0.1, -0.05) is 6.07 Å². The molecular formula is C20H19F3N2O4S. The maximum Gasteiger partial charge on any atom is 0.268 e. The summed E-state index contributed by atoms with van der Waals surface area (Å²) in [6.45, 7) is 0.134. The molecule has 30 heavy (non-hydrogen) atoms. The zero-order valence-electron chi connectivity index (χ0n) is 16.4. The highest BCUT2D eigenvalue weighted by molar-refractivity contribution is 7.90. The van der Waals surface area contributed by atoms with E-state index >= 15 is 0 Å². The SMILES string of the molecule is CNCc1cn(S(=O)(=O)c2cccc(OC)c2)c(-c2c(F)ccc(F)c2F)c1OC. The molecule has 3 rings (SSSR count). The minimum atomic E-state index is -4.35. The number of nitrogens with one attached hydrogen (secondary N) is 1. The van der Waals surface area contributed by atoms with Crippen molar-refractivity contribution in [3.8, 4) is 22.8 Å². The van der Waals surface area contributed by atoms with Crippen LogP contribution in [0.2, 0.25) is 0 Å². The Bertz CT molecular complexity index is 1190. The Morgan fingerprint density at radius 1 is 1.03 bits per heavy atom. The van der Waals surface area contributed by atoms with Crippen LogP contribution < -0.4 is 14.8 Å². The van der Waals surface area contributed by atoms with E-state index in [1.807, 2.05) is 0 Å². The van der Waals surface area contributed by atoms with Gasteiger partial charge in [0.05, 0.1) is 24.7 Å². The molecule has 0 atom stereocenters. The summed E-state index contributed by atoms with van der Waals surface area (Å²) in [6.07, 6.45) is 1.18. The summed E-state index contributed by atoms with van der Waals surface area (Å²) >= 11 is 0. The number of aromatic nitrogens is 1. The normalized spacial score (nSPS) is 11.5. The third-order valence-corrected chi connectivity index (χ3v) is 6.11. The van der Waals surface area contributed by atoms with Crippen LogP contribution >= 0.6 is 0 Å². The second-order valence-corrected chi connectivity index (χ2v) is 8.08. The lowest BCUT2D eigenvalue weighted by molar-refractivity contribution is 0.410. The molecule has 0 aliphatic carbocycles. The third kappa shape index (κ3) is 3.63. The van der Waals surface area contributed by atoms with Crippen LogP contribution in [0, 0.1) is 17.5 Å². The smallest absolute Gasteiger partial charge is 0.268 e. The van der Waals surface area contributed by atoms with Crippen LogP contribution in [0.5, 0.6) is 11.5 Å². The molecule has 1 N–H and O–H groups in total. The Balaban J connectivity index is 2.39. The third-order valence-electron chi connectivity index (χ3n) is 4.45. The van der Waals surface area contributed by atoms with E-state index in [0.29, 0.717) is 15.6 Å². The lowest BCUT2D eigenvalue weighted by Crippen LogP contribution is -2.15. The van der Waals surface area contributed by atoms with Gasteiger partial charge in [-0.2, -0.15) is 0 Å². The number of methoxy groups -OCH3 is 2. The maximum atomic E-state index is 14.6. The number of nitrogens with zero attached hydrogens (tertiary/aromatic N) is 1. The van der Waals surface area contributed by atoms with Crippen LogP contribution in [-0.2, 0) is 16.6 Å². The standard InChI is InChI=1S/C20H19F3N2O4S/c1-24-10-12-11-25(30(26,27)14-6-4-5-13(9-14)28-2)19(20(12)29-3)17-15(21)7-8-16(22)18(17)23/h4-9,11,24H,10H2,1-3H3. The van der Waals surface area contributed by atoms with Gasteiger partial charge in [0, 0.05) is 24.4 Å². The molecule has 0 unspecified atom stereocenters. The van der Waals surface area contributed by atoms with Crippen LogP contribution in [0.15, 0.2) is 47.5 Å². The van der Waals surface area contributed by atoms with Crippen LogP contribution in [-0.4, -0.2) is 33.7 Å². The van der Waals surface area contributed by atoms with E-state index in [0.717, 1.165) is 6.07 Å². The van der Waals surface area contributed by atoms with Gasteiger partial charge in [0.15, 0.2) is 11.6 Å². The fourth-order valence-corrected chi connectivity index (χ4v) is 4.52. The van der Waals surface area contributed by atoms with Crippen molar-refractivity contribution in [3.63, 3.8) is 0 Å². The van der Waals surface area contributed by atoms with E-state index < -0.39 is 38.7 Å². The van der Waals surface area contributed by atoms with E-state index in [2.05, 4.69) is 5.32 Å². The van der Waals surface area contributed by atoms with Crippen LogP contribution in [0.4, 0.5) is 13.2 Å². The van der Waals surface area contributed by atoms with Crippen molar-refractivity contribution in [2.75, 3.05) is 21.3 Å². The molecule has 3 aromatic rings. The second-order valence-electron chi connectivity index (χ2n) is 6.26. The summed E-state index contributed by atoms with van der Waals surface area (Å²) in [7, 11) is -0.141. The van der Waals surface area contributed by atoms with E-state index in [-0.39, 0.29) is 22.9 Å². The summed E-state index contributed by atoms with van der Waals surface area (Å²) in [5.41, 5.74) is -0.995. The van der Waals surface area contributed by atoms with E-state index in [1.165, 1.54) is 38.6 Å². The van der Waals surface area contributed by atoms with Gasteiger partial charge >= 0.3 is 0 Å². The van der Waals surface area contributed by atoms with Gasteiger partial charge in [0.25, 0.3) is 10.0 Å². The molecule has 0 bridgehead atoms. The number of hydrogen-bond acceptors (Lipinski definition) is 5. The molecule has 0 saturated carbocycles. The summed E-state index contributed by atoms with van der Waals surface area (Å²) in [4.78, 5) is -0.186. The zero-order chi connectivity index (χ0) is 22.1. The van der Waals surface area contributed by atoms with Crippen molar-refractivity contribution in [3.05, 3.63) is 65.6 Å². The molecule has 160 valence electrons.